The molecule has 1 atom stereocenters. The highest BCUT2D eigenvalue weighted by molar-refractivity contribution is 5.76. The van der Waals surface area contributed by atoms with Gasteiger partial charge in [0.15, 0.2) is 5.82 Å². The van der Waals surface area contributed by atoms with Gasteiger partial charge >= 0.3 is 6.09 Å². The summed E-state index contributed by atoms with van der Waals surface area (Å²) in [5, 5.41) is 9.10. The number of pyridine rings is 1. The number of amides is 1. The second-order valence-corrected chi connectivity index (χ2v) is 6.77. The van der Waals surface area contributed by atoms with Gasteiger partial charge in [0.2, 0.25) is 0 Å². The summed E-state index contributed by atoms with van der Waals surface area (Å²) in [4.78, 5) is 20.2. The molecule has 2 rings (SSSR count). The summed E-state index contributed by atoms with van der Waals surface area (Å²) >= 11 is 0. The van der Waals surface area contributed by atoms with E-state index < -0.39 is 11.7 Å². The molecule has 1 saturated heterocycles. The van der Waals surface area contributed by atoms with Crippen molar-refractivity contribution in [3.63, 3.8) is 0 Å². The van der Waals surface area contributed by atoms with Crippen LogP contribution in [0.15, 0.2) is 12.3 Å². The Hall–Kier alpha value is -2.69. The van der Waals surface area contributed by atoms with Crippen LogP contribution in [0.1, 0.15) is 27.2 Å². The smallest absolute Gasteiger partial charge is 0.410 e. The van der Waals surface area contributed by atoms with Crippen LogP contribution in [-0.2, 0) is 4.74 Å². The second kappa shape index (κ2) is 6.83. The standard InChI is InChI=1S/C16H24N6O2/c1-16(2,3)24-15(23)22-9-8-21(10-11(22)4-6-17)14-13(19)12(18)5-7-20-14/h5,7,11H,4,8-10,19H2,1-3H3,(H2,18,20). The van der Waals surface area contributed by atoms with Crippen LogP contribution in [0.2, 0.25) is 0 Å². The van der Waals surface area contributed by atoms with Crippen molar-refractivity contribution in [1.29, 1.82) is 5.26 Å². The van der Waals surface area contributed by atoms with Gasteiger partial charge in [-0.3, -0.25) is 0 Å². The zero-order valence-electron chi connectivity index (χ0n) is 14.3. The minimum atomic E-state index is -0.578. The molecule has 0 radical (unpaired) electrons. The van der Waals surface area contributed by atoms with Crippen molar-refractivity contribution in [2.24, 2.45) is 0 Å². The molecule has 130 valence electrons. The summed E-state index contributed by atoms with van der Waals surface area (Å²) in [6.45, 7) is 6.87. The fourth-order valence-electron chi connectivity index (χ4n) is 2.62. The Morgan fingerprint density at radius 2 is 2.17 bits per heavy atom. The molecule has 1 fully saturated rings. The number of ether oxygens (including phenoxy) is 1. The number of rotatable bonds is 2. The Bertz CT molecular complexity index is 649. The summed E-state index contributed by atoms with van der Waals surface area (Å²) in [5.74, 6) is 0.585. The van der Waals surface area contributed by atoms with Crippen molar-refractivity contribution in [3.8, 4) is 6.07 Å². The summed E-state index contributed by atoms with van der Waals surface area (Å²) in [5.41, 5.74) is 12.1. The first-order chi connectivity index (χ1) is 11.2. The minimum Gasteiger partial charge on any atom is -0.444 e. The number of nitrogens with two attached hydrogens (primary N) is 2. The lowest BCUT2D eigenvalue weighted by Gasteiger charge is -2.41. The second-order valence-electron chi connectivity index (χ2n) is 6.77. The number of anilines is 3. The van der Waals surface area contributed by atoms with Crippen LogP contribution in [0.25, 0.3) is 0 Å². The monoisotopic (exact) mass is 332 g/mol. The van der Waals surface area contributed by atoms with Crippen LogP contribution < -0.4 is 16.4 Å². The SMILES string of the molecule is CC(C)(C)OC(=O)N1CCN(c2nccc(N)c2N)CC1CC#N. The van der Waals surface area contributed by atoms with E-state index in [4.69, 9.17) is 21.5 Å². The van der Waals surface area contributed by atoms with Crippen molar-refractivity contribution >= 4 is 23.3 Å². The largest absolute Gasteiger partial charge is 0.444 e. The number of hydrogen-bond donors (Lipinski definition) is 2. The van der Waals surface area contributed by atoms with Gasteiger partial charge in [-0.25, -0.2) is 9.78 Å². The third kappa shape index (κ3) is 3.98. The molecule has 0 saturated carbocycles. The highest BCUT2D eigenvalue weighted by atomic mass is 16.6. The molecule has 1 aromatic heterocycles. The normalized spacial score (nSPS) is 18.2. The fourth-order valence-corrected chi connectivity index (χ4v) is 2.62. The number of nitrogens with zero attached hydrogens (tertiary/aromatic N) is 4. The van der Waals surface area contributed by atoms with E-state index in [0.29, 0.717) is 36.8 Å². The Balaban J connectivity index is 2.17. The number of nitriles is 1. The quantitative estimate of drug-likeness (QED) is 0.843. The van der Waals surface area contributed by atoms with Gasteiger partial charge in [0.1, 0.15) is 5.60 Å². The van der Waals surface area contributed by atoms with E-state index in [9.17, 15) is 4.79 Å². The lowest BCUT2D eigenvalue weighted by Crippen LogP contribution is -2.56. The molecular weight excluding hydrogens is 308 g/mol. The molecule has 0 spiro atoms. The predicted octanol–water partition coefficient (Wildman–Crippen LogP) is 1.59. The third-order valence-electron chi connectivity index (χ3n) is 3.74. The van der Waals surface area contributed by atoms with Gasteiger partial charge in [0, 0.05) is 25.8 Å². The van der Waals surface area contributed by atoms with Gasteiger partial charge in [-0.2, -0.15) is 5.26 Å². The minimum absolute atomic E-state index is 0.206. The molecule has 4 N–H and O–H groups in total. The van der Waals surface area contributed by atoms with Gasteiger partial charge < -0.3 is 26.0 Å². The van der Waals surface area contributed by atoms with Crippen LogP contribution in [0.3, 0.4) is 0 Å². The molecule has 8 heteroatoms. The molecule has 1 amide bonds. The molecule has 1 aromatic rings. The topological polar surface area (TPSA) is 122 Å². The summed E-state index contributed by atoms with van der Waals surface area (Å²) in [7, 11) is 0. The average Bonchev–Trinajstić information content (AvgIpc) is 2.48. The Morgan fingerprint density at radius 1 is 1.46 bits per heavy atom. The van der Waals surface area contributed by atoms with E-state index in [1.807, 2.05) is 25.7 Å². The van der Waals surface area contributed by atoms with E-state index >= 15 is 0 Å². The summed E-state index contributed by atoms with van der Waals surface area (Å²) < 4.78 is 5.44. The lowest BCUT2D eigenvalue weighted by molar-refractivity contribution is 0.0145. The van der Waals surface area contributed by atoms with Gasteiger partial charge in [-0.15, -0.1) is 0 Å². The first-order valence-corrected chi connectivity index (χ1v) is 7.84. The molecule has 0 aliphatic carbocycles. The maximum absolute atomic E-state index is 12.4. The number of carbonyl (C=O) groups is 1. The fraction of sp³-hybridized carbons (Fsp3) is 0.562. The lowest BCUT2D eigenvalue weighted by atomic mass is 10.1. The number of aromatic nitrogens is 1. The molecule has 8 nitrogen and oxygen atoms in total. The maximum Gasteiger partial charge on any atom is 0.410 e. The molecular formula is C16H24N6O2. The zero-order chi connectivity index (χ0) is 17.9. The van der Waals surface area contributed by atoms with E-state index in [1.165, 1.54) is 0 Å². The number of carbonyl (C=O) groups excluding carboxylic acids is 1. The highest BCUT2D eigenvalue weighted by Crippen LogP contribution is 2.28. The summed E-state index contributed by atoms with van der Waals surface area (Å²) in [6.07, 6.45) is 1.40. The van der Waals surface area contributed by atoms with E-state index in [1.54, 1.807) is 17.2 Å². The van der Waals surface area contributed by atoms with Crippen molar-refractivity contribution in [3.05, 3.63) is 12.3 Å². The first-order valence-electron chi connectivity index (χ1n) is 7.84. The molecule has 0 aromatic carbocycles. The first kappa shape index (κ1) is 17.7. The van der Waals surface area contributed by atoms with Crippen LogP contribution in [0.5, 0.6) is 0 Å². The van der Waals surface area contributed by atoms with Crippen molar-refractivity contribution in [1.82, 2.24) is 9.88 Å². The Labute approximate surface area is 142 Å². The molecule has 1 unspecified atom stereocenters. The van der Waals surface area contributed by atoms with E-state index in [2.05, 4.69) is 11.1 Å². The van der Waals surface area contributed by atoms with Gasteiger partial charge in [0.05, 0.1) is 29.9 Å². The van der Waals surface area contributed by atoms with E-state index in [-0.39, 0.29) is 12.5 Å². The van der Waals surface area contributed by atoms with Gasteiger partial charge in [-0.1, -0.05) is 0 Å². The van der Waals surface area contributed by atoms with Gasteiger partial charge in [-0.05, 0) is 26.8 Å². The van der Waals surface area contributed by atoms with Crippen molar-refractivity contribution in [2.45, 2.75) is 38.8 Å². The molecule has 24 heavy (non-hydrogen) atoms. The molecule has 1 aliphatic rings. The Kier molecular flexibility index (Phi) is 5.02. The maximum atomic E-state index is 12.4. The van der Waals surface area contributed by atoms with Crippen molar-refractivity contribution < 1.29 is 9.53 Å². The average molecular weight is 332 g/mol. The number of nitrogen functional groups attached to an aromatic ring is 2. The summed E-state index contributed by atoms with van der Waals surface area (Å²) in [6, 6.07) is 3.48. The van der Waals surface area contributed by atoms with Gasteiger partial charge in [0.25, 0.3) is 0 Å². The highest BCUT2D eigenvalue weighted by Gasteiger charge is 2.34. The zero-order valence-corrected chi connectivity index (χ0v) is 14.3. The number of piperazine rings is 1. The number of hydrogen-bond acceptors (Lipinski definition) is 7. The van der Waals surface area contributed by atoms with E-state index in [0.717, 1.165) is 0 Å². The molecule has 2 heterocycles. The van der Waals surface area contributed by atoms with Crippen LogP contribution in [0, 0.1) is 11.3 Å². The third-order valence-corrected chi connectivity index (χ3v) is 3.74. The van der Waals surface area contributed by atoms with Crippen LogP contribution >= 0.6 is 0 Å². The van der Waals surface area contributed by atoms with Crippen LogP contribution in [-0.4, -0.2) is 47.3 Å². The van der Waals surface area contributed by atoms with Crippen LogP contribution in [0.4, 0.5) is 22.0 Å². The molecule has 0 bridgehead atoms. The molecule has 1 aliphatic heterocycles. The predicted molar refractivity (Wildman–Crippen MR) is 92.2 cm³/mol. The Morgan fingerprint density at radius 3 is 2.79 bits per heavy atom. The van der Waals surface area contributed by atoms with Crippen molar-refractivity contribution in [2.75, 3.05) is 36.0 Å².